The van der Waals surface area contributed by atoms with Crippen molar-refractivity contribution in [3.8, 4) is 5.75 Å². The smallest absolute Gasteiger partial charge is 0.257 e. The lowest BCUT2D eigenvalue weighted by molar-refractivity contribution is 0.102. The highest BCUT2D eigenvalue weighted by Crippen LogP contribution is 2.19. The van der Waals surface area contributed by atoms with Crippen molar-refractivity contribution in [2.24, 2.45) is 0 Å². The van der Waals surface area contributed by atoms with Crippen molar-refractivity contribution in [2.45, 2.75) is 6.61 Å². The monoisotopic (exact) mass is 407 g/mol. The fraction of sp³-hybridized carbons (Fsp3) is 0.0625. The molecule has 0 fully saturated rings. The number of aromatic nitrogens is 2. The number of nitrogens with zero attached hydrogens (tertiary/aromatic N) is 2. The van der Waals surface area contributed by atoms with E-state index in [2.05, 4.69) is 31.4 Å². The molecule has 0 spiro atoms. The molecule has 1 amide bonds. The van der Waals surface area contributed by atoms with Gasteiger partial charge in [0.05, 0.1) is 0 Å². The second-order valence-electron chi connectivity index (χ2n) is 4.70. The highest BCUT2D eigenvalue weighted by Gasteiger charge is 2.10. The van der Waals surface area contributed by atoms with Crippen molar-refractivity contribution in [1.29, 1.82) is 0 Å². The number of carbonyl (C=O) groups excluding carboxylic acids is 1. The third-order valence-electron chi connectivity index (χ3n) is 2.97. The Morgan fingerprint density at radius 3 is 2.54 bits per heavy atom. The first-order valence-corrected chi connectivity index (χ1v) is 8.49. The number of hydrogen-bond donors (Lipinski definition) is 1. The third-order valence-corrected chi connectivity index (χ3v) is 4.31. The minimum Gasteiger partial charge on any atom is -0.486 e. The summed E-state index contributed by atoms with van der Waals surface area (Å²) in [7, 11) is 0. The molecule has 0 atom stereocenters. The van der Waals surface area contributed by atoms with Gasteiger partial charge in [0.15, 0.2) is 5.01 Å². The number of hydrogen-bond acceptors (Lipinski definition) is 5. The molecule has 3 rings (SSSR count). The lowest BCUT2D eigenvalue weighted by atomic mass is 10.2. The van der Waals surface area contributed by atoms with Crippen LogP contribution in [0, 0.1) is 5.82 Å². The van der Waals surface area contributed by atoms with E-state index in [0.29, 0.717) is 21.5 Å². The van der Waals surface area contributed by atoms with Gasteiger partial charge >= 0.3 is 0 Å². The number of benzene rings is 2. The summed E-state index contributed by atoms with van der Waals surface area (Å²) in [6.45, 7) is 0.192. The van der Waals surface area contributed by atoms with Gasteiger partial charge in [0.25, 0.3) is 5.91 Å². The van der Waals surface area contributed by atoms with Crippen molar-refractivity contribution in [3.05, 3.63) is 69.4 Å². The Kier molecular flexibility index (Phi) is 5.17. The molecule has 3 aromatic rings. The maximum absolute atomic E-state index is 12.8. The van der Waals surface area contributed by atoms with E-state index in [4.69, 9.17) is 4.74 Å². The SMILES string of the molecule is O=C(Nc1nnc(COc2ccc(F)cc2)s1)c1ccc(Br)cc1. The van der Waals surface area contributed by atoms with E-state index >= 15 is 0 Å². The van der Waals surface area contributed by atoms with Crippen LogP contribution < -0.4 is 10.1 Å². The quantitative estimate of drug-likeness (QED) is 0.685. The van der Waals surface area contributed by atoms with Gasteiger partial charge in [0.2, 0.25) is 5.13 Å². The molecule has 1 aromatic heterocycles. The van der Waals surface area contributed by atoms with Crippen LogP contribution in [0.25, 0.3) is 0 Å². The molecular weight excluding hydrogens is 397 g/mol. The predicted molar refractivity (Wildman–Crippen MR) is 92.7 cm³/mol. The van der Waals surface area contributed by atoms with Gasteiger partial charge in [-0.2, -0.15) is 0 Å². The summed E-state index contributed by atoms with van der Waals surface area (Å²) in [6, 6.07) is 12.7. The van der Waals surface area contributed by atoms with Crippen LogP contribution in [-0.4, -0.2) is 16.1 Å². The standard InChI is InChI=1S/C16H11BrFN3O2S/c17-11-3-1-10(2-4-11)15(22)19-16-21-20-14(24-16)9-23-13-7-5-12(18)6-8-13/h1-8H,9H2,(H,19,21,22). The van der Waals surface area contributed by atoms with Crippen molar-refractivity contribution in [2.75, 3.05) is 5.32 Å². The van der Waals surface area contributed by atoms with Crippen LogP contribution in [0.1, 0.15) is 15.4 Å². The maximum atomic E-state index is 12.8. The summed E-state index contributed by atoms with van der Waals surface area (Å²) < 4.78 is 19.2. The Morgan fingerprint density at radius 2 is 1.83 bits per heavy atom. The van der Waals surface area contributed by atoms with Crippen LogP contribution in [0.4, 0.5) is 9.52 Å². The van der Waals surface area contributed by atoms with Gasteiger partial charge in [0, 0.05) is 10.0 Å². The number of rotatable bonds is 5. The summed E-state index contributed by atoms with van der Waals surface area (Å²) in [4.78, 5) is 12.1. The number of carbonyl (C=O) groups is 1. The normalized spacial score (nSPS) is 10.4. The minimum atomic E-state index is -0.323. The zero-order valence-electron chi connectivity index (χ0n) is 12.2. The molecule has 0 saturated heterocycles. The number of nitrogens with one attached hydrogen (secondary N) is 1. The van der Waals surface area contributed by atoms with Crippen LogP contribution in [0.15, 0.2) is 53.0 Å². The Balaban J connectivity index is 1.58. The van der Waals surface area contributed by atoms with Gasteiger partial charge in [-0.25, -0.2) is 4.39 Å². The van der Waals surface area contributed by atoms with Crippen LogP contribution in [0.3, 0.4) is 0 Å². The predicted octanol–water partition coefficient (Wildman–Crippen LogP) is 4.27. The Labute approximate surface area is 149 Å². The van der Waals surface area contributed by atoms with E-state index in [1.54, 1.807) is 24.3 Å². The van der Waals surface area contributed by atoms with Crippen molar-refractivity contribution < 1.29 is 13.9 Å². The van der Waals surface area contributed by atoms with Crippen molar-refractivity contribution in [3.63, 3.8) is 0 Å². The molecule has 1 N–H and O–H groups in total. The number of anilines is 1. The lowest BCUT2D eigenvalue weighted by Crippen LogP contribution is -2.11. The largest absolute Gasteiger partial charge is 0.486 e. The van der Waals surface area contributed by atoms with E-state index in [0.717, 1.165) is 4.47 Å². The fourth-order valence-electron chi connectivity index (χ4n) is 1.81. The highest BCUT2D eigenvalue weighted by atomic mass is 79.9. The van der Waals surface area contributed by atoms with Crippen LogP contribution in [0.2, 0.25) is 0 Å². The number of halogens is 2. The molecule has 0 radical (unpaired) electrons. The Bertz CT molecular complexity index is 837. The van der Waals surface area contributed by atoms with Crippen LogP contribution in [-0.2, 0) is 6.61 Å². The van der Waals surface area contributed by atoms with Crippen molar-refractivity contribution in [1.82, 2.24) is 10.2 Å². The van der Waals surface area contributed by atoms with Crippen LogP contribution in [0.5, 0.6) is 5.75 Å². The van der Waals surface area contributed by atoms with Crippen LogP contribution >= 0.6 is 27.3 Å². The molecule has 2 aromatic carbocycles. The molecule has 0 aliphatic carbocycles. The van der Waals surface area contributed by atoms with E-state index < -0.39 is 0 Å². The first kappa shape index (κ1) is 16.5. The lowest BCUT2D eigenvalue weighted by Gasteiger charge is -2.02. The average Bonchev–Trinajstić information content (AvgIpc) is 3.02. The molecule has 0 aliphatic heterocycles. The summed E-state index contributed by atoms with van der Waals surface area (Å²) in [5, 5.41) is 11.6. The van der Waals surface area contributed by atoms with Gasteiger partial charge in [-0.3, -0.25) is 10.1 Å². The zero-order chi connectivity index (χ0) is 16.9. The summed E-state index contributed by atoms with van der Waals surface area (Å²) >= 11 is 4.54. The van der Waals surface area contributed by atoms with E-state index in [9.17, 15) is 9.18 Å². The first-order valence-electron chi connectivity index (χ1n) is 6.88. The highest BCUT2D eigenvalue weighted by molar-refractivity contribution is 9.10. The summed E-state index contributed by atoms with van der Waals surface area (Å²) in [6.07, 6.45) is 0. The fourth-order valence-corrected chi connectivity index (χ4v) is 2.72. The average molecular weight is 408 g/mol. The maximum Gasteiger partial charge on any atom is 0.257 e. The van der Waals surface area contributed by atoms with Gasteiger partial charge in [0.1, 0.15) is 18.2 Å². The third kappa shape index (κ3) is 4.36. The van der Waals surface area contributed by atoms with Gasteiger partial charge < -0.3 is 4.74 Å². The Morgan fingerprint density at radius 1 is 1.12 bits per heavy atom. The summed E-state index contributed by atoms with van der Waals surface area (Å²) in [5.41, 5.74) is 0.525. The molecule has 24 heavy (non-hydrogen) atoms. The molecule has 1 heterocycles. The number of ether oxygens (including phenoxy) is 1. The molecule has 0 unspecified atom stereocenters. The molecule has 8 heteroatoms. The van der Waals surface area contributed by atoms with Gasteiger partial charge in [-0.15, -0.1) is 10.2 Å². The van der Waals surface area contributed by atoms with E-state index in [1.807, 2.05) is 0 Å². The first-order chi connectivity index (χ1) is 11.6. The second kappa shape index (κ2) is 7.50. The molecule has 122 valence electrons. The van der Waals surface area contributed by atoms with E-state index in [-0.39, 0.29) is 18.3 Å². The molecule has 0 aliphatic rings. The second-order valence-corrected chi connectivity index (χ2v) is 6.68. The number of amides is 1. The Hall–Kier alpha value is -2.32. The minimum absolute atomic E-state index is 0.192. The van der Waals surface area contributed by atoms with Gasteiger partial charge in [-0.05, 0) is 48.5 Å². The van der Waals surface area contributed by atoms with Crippen molar-refractivity contribution >= 4 is 38.3 Å². The van der Waals surface area contributed by atoms with Gasteiger partial charge in [-0.1, -0.05) is 27.3 Å². The molecule has 0 bridgehead atoms. The molecular formula is C16H11BrFN3O2S. The molecule has 0 saturated carbocycles. The summed E-state index contributed by atoms with van der Waals surface area (Å²) in [5.74, 6) is -0.0482. The van der Waals surface area contributed by atoms with E-state index in [1.165, 1.54) is 35.6 Å². The molecule has 5 nitrogen and oxygen atoms in total. The topological polar surface area (TPSA) is 64.1 Å². The zero-order valence-corrected chi connectivity index (χ0v) is 14.6.